The van der Waals surface area contributed by atoms with E-state index >= 15 is 0 Å². The van der Waals surface area contributed by atoms with E-state index < -0.39 is 0 Å². The van der Waals surface area contributed by atoms with Gasteiger partial charge in [-0.15, -0.1) is 0 Å². The monoisotopic (exact) mass is 259 g/mol. The molecule has 1 nitrogen and oxygen atoms in total. The minimum atomic E-state index is 0.758. The fourth-order valence-electron chi connectivity index (χ4n) is 3.37. The first-order valence-corrected chi connectivity index (χ1v) is 7.98. The van der Waals surface area contributed by atoms with Gasteiger partial charge in [-0.25, -0.2) is 0 Å². The molecule has 0 heterocycles. The van der Waals surface area contributed by atoms with Crippen LogP contribution in [-0.4, -0.2) is 13.1 Å². The summed E-state index contributed by atoms with van der Waals surface area (Å²) in [5.74, 6) is 2.47. The zero-order valence-electron chi connectivity index (χ0n) is 12.8. The SMILES string of the molecule is CCCNCC1CCC(C)CC1c1ccc(C)cc1. The topological polar surface area (TPSA) is 12.0 Å². The van der Waals surface area contributed by atoms with Gasteiger partial charge in [-0.2, -0.15) is 0 Å². The minimum absolute atomic E-state index is 0.758. The Morgan fingerprint density at radius 2 is 1.89 bits per heavy atom. The quantitative estimate of drug-likeness (QED) is 0.767. The van der Waals surface area contributed by atoms with Gasteiger partial charge in [0.15, 0.2) is 0 Å². The Balaban J connectivity index is 2.05. The number of rotatable bonds is 5. The van der Waals surface area contributed by atoms with E-state index in [9.17, 15) is 0 Å². The van der Waals surface area contributed by atoms with E-state index in [4.69, 9.17) is 0 Å². The number of hydrogen-bond donors (Lipinski definition) is 1. The standard InChI is InChI=1S/C18H29N/c1-4-11-19-13-17-10-7-15(3)12-18(17)16-8-5-14(2)6-9-16/h5-6,8-9,15,17-19H,4,7,10-13H2,1-3H3. The van der Waals surface area contributed by atoms with E-state index in [1.165, 1.54) is 37.8 Å². The van der Waals surface area contributed by atoms with Gasteiger partial charge in [-0.05, 0) is 62.6 Å². The average Bonchev–Trinajstić information content (AvgIpc) is 2.41. The van der Waals surface area contributed by atoms with E-state index in [0.29, 0.717) is 0 Å². The van der Waals surface area contributed by atoms with Crippen LogP contribution in [0.2, 0.25) is 0 Å². The van der Waals surface area contributed by atoms with Crippen molar-refractivity contribution in [2.24, 2.45) is 11.8 Å². The van der Waals surface area contributed by atoms with Gasteiger partial charge in [0.25, 0.3) is 0 Å². The van der Waals surface area contributed by atoms with Gasteiger partial charge in [0.1, 0.15) is 0 Å². The largest absolute Gasteiger partial charge is 0.316 e. The molecule has 1 aliphatic rings. The molecule has 2 rings (SSSR count). The summed E-state index contributed by atoms with van der Waals surface area (Å²) in [6.45, 7) is 9.18. The Bertz CT molecular complexity index is 368. The van der Waals surface area contributed by atoms with E-state index in [1.807, 2.05) is 0 Å². The van der Waals surface area contributed by atoms with E-state index in [2.05, 4.69) is 50.4 Å². The van der Waals surface area contributed by atoms with E-state index in [-0.39, 0.29) is 0 Å². The molecule has 1 N–H and O–H groups in total. The highest BCUT2D eigenvalue weighted by molar-refractivity contribution is 5.25. The lowest BCUT2D eigenvalue weighted by atomic mass is 9.71. The third-order valence-electron chi connectivity index (χ3n) is 4.59. The predicted molar refractivity (Wildman–Crippen MR) is 83.6 cm³/mol. The molecule has 0 spiro atoms. The highest BCUT2D eigenvalue weighted by atomic mass is 14.9. The Morgan fingerprint density at radius 3 is 2.58 bits per heavy atom. The number of benzene rings is 1. The summed E-state index contributed by atoms with van der Waals surface area (Å²) in [4.78, 5) is 0. The second kappa shape index (κ2) is 7.09. The molecule has 0 aromatic heterocycles. The van der Waals surface area contributed by atoms with Gasteiger partial charge >= 0.3 is 0 Å². The molecule has 3 unspecified atom stereocenters. The summed E-state index contributed by atoms with van der Waals surface area (Å²) in [6, 6.07) is 9.24. The summed E-state index contributed by atoms with van der Waals surface area (Å²) in [6.07, 6.45) is 5.39. The summed E-state index contributed by atoms with van der Waals surface area (Å²) < 4.78 is 0. The first-order chi connectivity index (χ1) is 9.20. The molecule has 1 saturated carbocycles. The lowest BCUT2D eigenvalue weighted by molar-refractivity contribution is 0.242. The Morgan fingerprint density at radius 1 is 1.16 bits per heavy atom. The third kappa shape index (κ3) is 4.07. The molecule has 19 heavy (non-hydrogen) atoms. The van der Waals surface area contributed by atoms with Crippen LogP contribution in [0.3, 0.4) is 0 Å². The van der Waals surface area contributed by atoms with E-state index in [0.717, 1.165) is 24.3 Å². The van der Waals surface area contributed by atoms with Gasteiger partial charge in [0, 0.05) is 0 Å². The fourth-order valence-corrected chi connectivity index (χ4v) is 3.37. The van der Waals surface area contributed by atoms with Gasteiger partial charge in [-0.1, -0.05) is 50.1 Å². The molecule has 0 aliphatic heterocycles. The summed E-state index contributed by atoms with van der Waals surface area (Å²) in [5.41, 5.74) is 2.92. The van der Waals surface area contributed by atoms with Crippen LogP contribution < -0.4 is 5.32 Å². The Labute approximate surface area is 118 Å². The van der Waals surface area contributed by atoms with E-state index in [1.54, 1.807) is 5.56 Å². The molecule has 1 fully saturated rings. The molecule has 1 heteroatoms. The van der Waals surface area contributed by atoms with Gasteiger partial charge < -0.3 is 5.32 Å². The molecule has 0 radical (unpaired) electrons. The lowest BCUT2D eigenvalue weighted by Gasteiger charge is -2.35. The maximum atomic E-state index is 3.63. The maximum Gasteiger partial charge on any atom is -0.00147 e. The Hall–Kier alpha value is -0.820. The zero-order chi connectivity index (χ0) is 13.7. The minimum Gasteiger partial charge on any atom is -0.316 e. The Kier molecular flexibility index (Phi) is 5.45. The molecule has 1 aliphatic carbocycles. The van der Waals surface area contributed by atoms with Crippen LogP contribution in [0.5, 0.6) is 0 Å². The fraction of sp³-hybridized carbons (Fsp3) is 0.667. The molecular weight excluding hydrogens is 230 g/mol. The predicted octanol–water partition coefficient (Wildman–Crippen LogP) is 4.51. The van der Waals surface area contributed by atoms with Gasteiger partial charge in [0.05, 0.1) is 0 Å². The summed E-state index contributed by atoms with van der Waals surface area (Å²) in [7, 11) is 0. The smallest absolute Gasteiger partial charge is 0.00147 e. The molecule has 0 bridgehead atoms. The highest BCUT2D eigenvalue weighted by Gasteiger charge is 2.29. The van der Waals surface area contributed by atoms with Crippen LogP contribution in [0.4, 0.5) is 0 Å². The first-order valence-electron chi connectivity index (χ1n) is 7.98. The molecule has 1 aromatic carbocycles. The maximum absolute atomic E-state index is 3.63. The van der Waals surface area contributed by atoms with Crippen molar-refractivity contribution in [3.63, 3.8) is 0 Å². The number of nitrogens with one attached hydrogen (secondary N) is 1. The highest BCUT2D eigenvalue weighted by Crippen LogP contribution is 2.40. The van der Waals surface area contributed by atoms with Gasteiger partial charge in [-0.3, -0.25) is 0 Å². The molecule has 0 amide bonds. The zero-order valence-corrected chi connectivity index (χ0v) is 12.8. The van der Waals surface area contributed by atoms with Crippen molar-refractivity contribution in [2.75, 3.05) is 13.1 Å². The van der Waals surface area contributed by atoms with Crippen molar-refractivity contribution in [1.29, 1.82) is 0 Å². The van der Waals surface area contributed by atoms with Crippen LogP contribution in [-0.2, 0) is 0 Å². The van der Waals surface area contributed by atoms with Crippen molar-refractivity contribution in [3.05, 3.63) is 35.4 Å². The van der Waals surface area contributed by atoms with Crippen molar-refractivity contribution in [3.8, 4) is 0 Å². The number of hydrogen-bond acceptors (Lipinski definition) is 1. The van der Waals surface area contributed by atoms with Crippen LogP contribution in [0.25, 0.3) is 0 Å². The van der Waals surface area contributed by atoms with Crippen LogP contribution >= 0.6 is 0 Å². The molecule has 0 saturated heterocycles. The molecule has 3 atom stereocenters. The van der Waals surface area contributed by atoms with Crippen LogP contribution in [0.15, 0.2) is 24.3 Å². The second-order valence-electron chi connectivity index (χ2n) is 6.40. The normalized spacial score (nSPS) is 27.4. The number of aryl methyl sites for hydroxylation is 1. The molecule has 1 aromatic rings. The summed E-state index contributed by atoms with van der Waals surface area (Å²) in [5, 5.41) is 3.63. The van der Waals surface area contributed by atoms with Crippen molar-refractivity contribution in [2.45, 2.75) is 52.4 Å². The lowest BCUT2D eigenvalue weighted by Crippen LogP contribution is -2.31. The van der Waals surface area contributed by atoms with Crippen molar-refractivity contribution >= 4 is 0 Å². The van der Waals surface area contributed by atoms with Crippen LogP contribution in [0, 0.1) is 18.8 Å². The molecule has 106 valence electrons. The first kappa shape index (κ1) is 14.6. The molecular formula is C18H29N. The van der Waals surface area contributed by atoms with Crippen LogP contribution in [0.1, 0.15) is 56.6 Å². The average molecular weight is 259 g/mol. The summed E-state index contributed by atoms with van der Waals surface area (Å²) >= 11 is 0. The van der Waals surface area contributed by atoms with Crippen molar-refractivity contribution < 1.29 is 0 Å². The van der Waals surface area contributed by atoms with Crippen molar-refractivity contribution in [1.82, 2.24) is 5.32 Å². The third-order valence-corrected chi connectivity index (χ3v) is 4.59. The second-order valence-corrected chi connectivity index (χ2v) is 6.40. The van der Waals surface area contributed by atoms with Gasteiger partial charge in [0.2, 0.25) is 0 Å².